The van der Waals surface area contributed by atoms with Crippen LogP contribution in [0.15, 0.2) is 16.9 Å². The van der Waals surface area contributed by atoms with Crippen molar-refractivity contribution in [2.24, 2.45) is 5.92 Å². The number of hydrogen-bond acceptors (Lipinski definition) is 5. The molecule has 102 valence electrons. The Labute approximate surface area is 110 Å². The smallest absolute Gasteiger partial charge is 0.364 e. The van der Waals surface area contributed by atoms with Gasteiger partial charge in [-0.25, -0.2) is 9.89 Å². The maximum Gasteiger partial charge on any atom is 0.364 e. The lowest BCUT2D eigenvalue weighted by molar-refractivity contribution is 0.206. The number of piperidine rings is 1. The van der Waals surface area contributed by atoms with Crippen LogP contribution in [-0.4, -0.2) is 50.9 Å². The molecule has 3 rings (SSSR count). The van der Waals surface area contributed by atoms with Crippen LogP contribution in [0.5, 0.6) is 0 Å². The number of aromatic amines is 1. The van der Waals surface area contributed by atoms with Crippen molar-refractivity contribution in [3.8, 4) is 0 Å². The van der Waals surface area contributed by atoms with Gasteiger partial charge in [0.2, 0.25) is 0 Å². The molecule has 0 amide bonds. The second kappa shape index (κ2) is 4.65. The molecular formula is C12H18N6O. The van der Waals surface area contributed by atoms with Crippen LogP contribution in [0.25, 0.3) is 5.65 Å². The Bertz CT molecular complexity index is 632. The molecule has 3 heterocycles. The summed E-state index contributed by atoms with van der Waals surface area (Å²) < 4.78 is 1.28. The number of nitrogens with zero attached hydrogens (tertiary/aromatic N) is 4. The average Bonchev–Trinajstić information content (AvgIpc) is 2.75. The Balaban J connectivity index is 1.81. The standard InChI is InChI=1S/C12H18N6O/c1-8-7-17(2)6-5-9(8)13-10-3-4-11-14-15-12(19)18(11)16-10/h3-4,8-9H,5-7H2,1-2H3,(H,13,16)(H,15,19). The first-order valence-corrected chi connectivity index (χ1v) is 6.53. The fourth-order valence-electron chi connectivity index (χ4n) is 2.64. The van der Waals surface area contributed by atoms with E-state index < -0.39 is 0 Å². The van der Waals surface area contributed by atoms with Gasteiger partial charge in [-0.3, -0.25) is 0 Å². The van der Waals surface area contributed by atoms with Gasteiger partial charge in [0.05, 0.1) is 0 Å². The first-order chi connectivity index (χ1) is 9.13. The summed E-state index contributed by atoms with van der Waals surface area (Å²) in [7, 11) is 2.14. The lowest BCUT2D eigenvalue weighted by Gasteiger charge is -2.35. The third-order valence-corrected chi connectivity index (χ3v) is 3.72. The first-order valence-electron chi connectivity index (χ1n) is 6.53. The van der Waals surface area contributed by atoms with Crippen LogP contribution < -0.4 is 11.0 Å². The van der Waals surface area contributed by atoms with Gasteiger partial charge in [-0.05, 0) is 38.1 Å². The molecule has 2 unspecified atom stereocenters. The van der Waals surface area contributed by atoms with Gasteiger partial charge in [-0.15, -0.1) is 5.10 Å². The number of fused-ring (bicyclic) bond motifs is 1. The van der Waals surface area contributed by atoms with Gasteiger partial charge < -0.3 is 10.2 Å². The predicted octanol–water partition coefficient (Wildman–Crippen LogP) is 0.170. The molecule has 1 aliphatic rings. The summed E-state index contributed by atoms with van der Waals surface area (Å²) in [6.45, 7) is 4.39. The van der Waals surface area contributed by atoms with Crippen LogP contribution in [0.1, 0.15) is 13.3 Å². The second-order valence-electron chi connectivity index (χ2n) is 5.30. The van der Waals surface area contributed by atoms with Crippen LogP contribution in [0.2, 0.25) is 0 Å². The van der Waals surface area contributed by atoms with Crippen LogP contribution in [0.3, 0.4) is 0 Å². The van der Waals surface area contributed by atoms with E-state index in [9.17, 15) is 4.79 Å². The summed E-state index contributed by atoms with van der Waals surface area (Å²) in [5, 5.41) is 13.9. The quantitative estimate of drug-likeness (QED) is 0.806. The molecule has 0 aliphatic carbocycles. The third kappa shape index (κ3) is 2.33. The van der Waals surface area contributed by atoms with E-state index in [4.69, 9.17) is 0 Å². The predicted molar refractivity (Wildman–Crippen MR) is 72.3 cm³/mol. The Kier molecular flexibility index (Phi) is 2.98. The summed E-state index contributed by atoms with van der Waals surface area (Å²) >= 11 is 0. The van der Waals surface area contributed by atoms with Crippen molar-refractivity contribution in [1.29, 1.82) is 0 Å². The number of anilines is 1. The van der Waals surface area contributed by atoms with Gasteiger partial charge in [-0.2, -0.15) is 9.61 Å². The van der Waals surface area contributed by atoms with Crippen LogP contribution in [-0.2, 0) is 0 Å². The van der Waals surface area contributed by atoms with Crippen molar-refractivity contribution >= 4 is 11.5 Å². The molecule has 2 aromatic rings. The van der Waals surface area contributed by atoms with E-state index in [1.165, 1.54) is 4.52 Å². The van der Waals surface area contributed by atoms with Gasteiger partial charge in [0.1, 0.15) is 5.82 Å². The summed E-state index contributed by atoms with van der Waals surface area (Å²) in [6.07, 6.45) is 1.08. The SMILES string of the molecule is CC1CN(C)CCC1Nc1ccc2n[nH]c(=O)n2n1. The molecule has 19 heavy (non-hydrogen) atoms. The van der Waals surface area contributed by atoms with Crippen LogP contribution >= 0.6 is 0 Å². The van der Waals surface area contributed by atoms with E-state index in [-0.39, 0.29) is 5.69 Å². The Hall–Kier alpha value is -1.89. The molecule has 0 spiro atoms. The van der Waals surface area contributed by atoms with Gasteiger partial charge in [-0.1, -0.05) is 6.92 Å². The largest absolute Gasteiger partial charge is 0.366 e. The summed E-state index contributed by atoms with van der Waals surface area (Å²) in [5.41, 5.74) is 0.224. The molecule has 2 aromatic heterocycles. The highest BCUT2D eigenvalue weighted by atomic mass is 16.2. The molecular weight excluding hydrogens is 244 g/mol. The van der Waals surface area contributed by atoms with Crippen molar-refractivity contribution < 1.29 is 0 Å². The zero-order valence-electron chi connectivity index (χ0n) is 11.1. The normalized spacial score (nSPS) is 24.7. The Morgan fingerprint density at radius 1 is 1.47 bits per heavy atom. The van der Waals surface area contributed by atoms with E-state index in [2.05, 4.69) is 39.5 Å². The fraction of sp³-hybridized carbons (Fsp3) is 0.583. The van der Waals surface area contributed by atoms with E-state index in [0.29, 0.717) is 17.6 Å². The average molecular weight is 262 g/mol. The molecule has 1 aliphatic heterocycles. The van der Waals surface area contributed by atoms with Crippen LogP contribution in [0, 0.1) is 5.92 Å². The molecule has 2 atom stereocenters. The van der Waals surface area contributed by atoms with E-state index >= 15 is 0 Å². The molecule has 0 saturated carbocycles. The van der Waals surface area contributed by atoms with E-state index in [1.54, 1.807) is 6.07 Å². The number of hydrogen-bond donors (Lipinski definition) is 2. The van der Waals surface area contributed by atoms with E-state index in [0.717, 1.165) is 25.3 Å². The lowest BCUT2D eigenvalue weighted by atomic mass is 9.94. The Morgan fingerprint density at radius 2 is 2.32 bits per heavy atom. The Morgan fingerprint density at radius 3 is 3.11 bits per heavy atom. The number of H-pyrrole nitrogens is 1. The second-order valence-corrected chi connectivity index (χ2v) is 5.30. The van der Waals surface area contributed by atoms with Crippen molar-refractivity contribution in [2.75, 3.05) is 25.5 Å². The highest BCUT2D eigenvalue weighted by Crippen LogP contribution is 2.19. The topological polar surface area (TPSA) is 78.3 Å². The van der Waals surface area contributed by atoms with Gasteiger partial charge in [0.15, 0.2) is 5.65 Å². The van der Waals surface area contributed by atoms with Crippen molar-refractivity contribution in [2.45, 2.75) is 19.4 Å². The zero-order chi connectivity index (χ0) is 13.4. The van der Waals surface area contributed by atoms with Gasteiger partial charge in [0, 0.05) is 12.6 Å². The minimum atomic E-state index is -0.310. The molecule has 7 nitrogen and oxygen atoms in total. The third-order valence-electron chi connectivity index (χ3n) is 3.72. The number of rotatable bonds is 2. The minimum absolute atomic E-state index is 0.310. The number of nitrogens with one attached hydrogen (secondary N) is 2. The molecule has 1 saturated heterocycles. The maximum atomic E-state index is 11.5. The summed E-state index contributed by atoms with van der Waals surface area (Å²) in [5.74, 6) is 1.27. The van der Waals surface area contributed by atoms with Crippen molar-refractivity contribution in [1.82, 2.24) is 24.7 Å². The molecule has 1 fully saturated rings. The first kappa shape index (κ1) is 12.2. The van der Waals surface area contributed by atoms with Crippen LogP contribution in [0.4, 0.5) is 5.82 Å². The van der Waals surface area contributed by atoms with Gasteiger partial charge in [0.25, 0.3) is 0 Å². The lowest BCUT2D eigenvalue weighted by Crippen LogP contribution is -2.43. The minimum Gasteiger partial charge on any atom is -0.366 e. The van der Waals surface area contributed by atoms with E-state index in [1.807, 2.05) is 6.07 Å². The molecule has 0 radical (unpaired) electrons. The molecule has 0 aromatic carbocycles. The van der Waals surface area contributed by atoms with Crippen molar-refractivity contribution in [3.05, 3.63) is 22.6 Å². The molecule has 7 heteroatoms. The number of aromatic nitrogens is 4. The van der Waals surface area contributed by atoms with Crippen molar-refractivity contribution in [3.63, 3.8) is 0 Å². The fourth-order valence-corrected chi connectivity index (χ4v) is 2.64. The summed E-state index contributed by atoms with van der Waals surface area (Å²) in [4.78, 5) is 13.8. The zero-order valence-corrected chi connectivity index (χ0v) is 11.1. The monoisotopic (exact) mass is 262 g/mol. The maximum absolute atomic E-state index is 11.5. The number of likely N-dealkylation sites (tertiary alicyclic amines) is 1. The molecule has 2 N–H and O–H groups in total. The highest BCUT2D eigenvalue weighted by molar-refractivity contribution is 5.43. The molecule has 0 bridgehead atoms. The summed E-state index contributed by atoms with van der Waals surface area (Å²) in [6, 6.07) is 4.04. The highest BCUT2D eigenvalue weighted by Gasteiger charge is 2.24. The van der Waals surface area contributed by atoms with Gasteiger partial charge >= 0.3 is 5.69 Å².